The highest BCUT2D eigenvalue weighted by molar-refractivity contribution is 5.83. The molecule has 4 fully saturated rings. The number of hydrogen-bond acceptors (Lipinski definition) is 21. The summed E-state index contributed by atoms with van der Waals surface area (Å²) in [5, 5.41) is 3.28. The van der Waals surface area contributed by atoms with Crippen LogP contribution in [0.15, 0.2) is 120 Å². The third-order valence-corrected chi connectivity index (χ3v) is 20.6. The van der Waals surface area contributed by atoms with Crippen molar-refractivity contribution in [2.24, 2.45) is 5.73 Å². The number of carbonyl (C=O) groups is 3. The molecule has 0 bridgehead atoms. The number of aromatic nitrogens is 6. The molecule has 0 unspecified atom stereocenters. The Hall–Kier alpha value is -9.55. The topological polar surface area (TPSA) is 269 Å². The highest BCUT2D eigenvalue weighted by Gasteiger charge is 2.33. The number of amides is 3. The van der Waals surface area contributed by atoms with Crippen LogP contribution < -0.4 is 41.2 Å². The van der Waals surface area contributed by atoms with Gasteiger partial charge in [0.2, 0.25) is 11.8 Å². The molecule has 6 aromatic heterocycles. The minimum atomic E-state index is -0.628. The lowest BCUT2D eigenvalue weighted by molar-refractivity contribution is -0.136. The first-order valence-corrected chi connectivity index (χ1v) is 39.6. The number of likely N-dealkylation sites (N-methyl/N-ethyl adjacent to an activating group) is 2. The summed E-state index contributed by atoms with van der Waals surface area (Å²) < 4.78 is 74.1. The van der Waals surface area contributed by atoms with Crippen molar-refractivity contribution < 1.29 is 56.3 Å². The maximum Gasteiger partial charge on any atom is 0.407 e. The van der Waals surface area contributed by atoms with Gasteiger partial charge in [0.1, 0.15) is 32.0 Å². The molecule has 26 nitrogen and oxygen atoms in total. The van der Waals surface area contributed by atoms with Crippen LogP contribution in [0.3, 0.4) is 0 Å². The Bertz CT molecular complexity index is 4610. The molecule has 0 radical (unpaired) electrons. The van der Waals surface area contributed by atoms with Crippen molar-refractivity contribution in [3.05, 3.63) is 187 Å². The van der Waals surface area contributed by atoms with E-state index >= 15 is 8.78 Å². The molecule has 8 aromatic rings. The summed E-state index contributed by atoms with van der Waals surface area (Å²) in [4.78, 5) is 95.7. The Balaban J connectivity index is 0.000000225. The maximum absolute atomic E-state index is 15.8. The van der Waals surface area contributed by atoms with E-state index in [0.717, 1.165) is 123 Å². The first-order valence-electron chi connectivity index (χ1n) is 39.6. The number of benzene rings is 2. The van der Waals surface area contributed by atoms with Gasteiger partial charge in [-0.25, -0.2) is 13.6 Å². The summed E-state index contributed by atoms with van der Waals surface area (Å²) in [5.41, 5.74) is 15.3. The van der Waals surface area contributed by atoms with Gasteiger partial charge in [-0.15, -0.1) is 0 Å². The molecule has 4 aliphatic rings. The number of halogens is 2. The van der Waals surface area contributed by atoms with Crippen molar-refractivity contribution in [2.75, 3.05) is 142 Å². The van der Waals surface area contributed by atoms with E-state index in [1.807, 2.05) is 89.1 Å². The van der Waals surface area contributed by atoms with E-state index in [1.165, 1.54) is 21.9 Å². The molecular weight excluding hydrogens is 1450 g/mol. The number of aryl methyl sites for hydroxylation is 4. The van der Waals surface area contributed by atoms with Crippen LogP contribution in [0.2, 0.25) is 0 Å². The van der Waals surface area contributed by atoms with Gasteiger partial charge in [0, 0.05) is 185 Å². The van der Waals surface area contributed by atoms with Crippen molar-refractivity contribution in [1.29, 1.82) is 0 Å². The second kappa shape index (κ2) is 40.5. The Labute approximate surface area is 660 Å². The van der Waals surface area contributed by atoms with E-state index in [9.17, 15) is 24.0 Å². The van der Waals surface area contributed by atoms with Crippen molar-refractivity contribution in [2.45, 2.75) is 156 Å². The van der Waals surface area contributed by atoms with Crippen LogP contribution in [0.25, 0.3) is 21.8 Å². The number of alkyl carbamates (subject to hydrolysis) is 1. The number of nitrogens with one attached hydrogen (secondary N) is 1. The van der Waals surface area contributed by atoms with Crippen molar-refractivity contribution >= 4 is 51.1 Å². The van der Waals surface area contributed by atoms with Gasteiger partial charge in [0.15, 0.2) is 34.0 Å². The van der Waals surface area contributed by atoms with Gasteiger partial charge >= 0.3 is 6.09 Å². The Morgan fingerprint density at radius 2 is 0.982 bits per heavy atom. The number of fused-ring (bicyclic) bond motifs is 2. The Kier molecular flexibility index (Phi) is 30.2. The lowest BCUT2D eigenvalue weighted by atomic mass is 10.0. The molecule has 2 aliphatic heterocycles. The molecule has 608 valence electrons. The third kappa shape index (κ3) is 24.7. The number of hydrogen-bond donors (Lipinski definition) is 2. The lowest BCUT2D eigenvalue weighted by Crippen LogP contribution is -2.48. The molecular formula is C85H112F2N14O12. The molecule has 3 amide bonds. The average Bonchev–Trinajstić information content (AvgIpc) is 1.68. The normalized spacial score (nSPS) is 15.8. The fourth-order valence-electron chi connectivity index (χ4n) is 14.2. The van der Waals surface area contributed by atoms with E-state index in [4.69, 9.17) is 38.9 Å². The van der Waals surface area contributed by atoms with Gasteiger partial charge in [-0.05, 0) is 172 Å². The molecule has 3 N–H and O–H groups in total. The van der Waals surface area contributed by atoms with Gasteiger partial charge in [-0.2, -0.15) is 0 Å². The zero-order valence-corrected chi connectivity index (χ0v) is 67.0. The molecule has 2 saturated heterocycles. The lowest BCUT2D eigenvalue weighted by Gasteiger charge is -2.40. The SMILES string of the molecule is Cc1ccc(N2CCC[C@H](N(Cc3ccnc(C)c3)Cc3cn(C4CC4)c4cc(OCCN(C)C(=O)COCCOCCN)c(F)cc4c3=O)C2)cn1.Cc1ccc(N2CCC[C@H](N(Cc3ccnc(C)c3)Cc3cn(C4CC4)c4cc(OCCN(C)C(=O)COCCOCCNC(=O)OC(C)(C)C)c(F)cc4c3=O)C2)cn1. The zero-order valence-electron chi connectivity index (χ0n) is 67.0. The highest BCUT2D eigenvalue weighted by atomic mass is 19.1. The summed E-state index contributed by atoms with van der Waals surface area (Å²) in [6.07, 6.45) is 18.9. The molecule has 2 aromatic carbocycles. The summed E-state index contributed by atoms with van der Waals surface area (Å²) in [5.74, 6) is -1.64. The third-order valence-electron chi connectivity index (χ3n) is 20.6. The molecule has 2 aliphatic carbocycles. The monoisotopic (exact) mass is 1560 g/mol. The van der Waals surface area contributed by atoms with E-state index in [2.05, 4.69) is 78.3 Å². The molecule has 8 heterocycles. The minimum Gasteiger partial charge on any atom is -0.489 e. The van der Waals surface area contributed by atoms with E-state index in [1.54, 1.807) is 47.0 Å². The first-order chi connectivity index (χ1) is 54.4. The number of piperidine rings is 2. The number of nitrogens with zero attached hydrogens (tertiary/aromatic N) is 12. The predicted octanol–water partition coefficient (Wildman–Crippen LogP) is 10.3. The molecule has 12 rings (SSSR count). The largest absolute Gasteiger partial charge is 0.489 e. The van der Waals surface area contributed by atoms with E-state index in [0.29, 0.717) is 78.9 Å². The smallest absolute Gasteiger partial charge is 0.407 e. The maximum atomic E-state index is 15.8. The number of pyridine rings is 6. The van der Waals surface area contributed by atoms with Crippen molar-refractivity contribution in [3.63, 3.8) is 0 Å². The standard InChI is InChI=1S/C45H60FN7O7.C40H52FN7O5/c1-31-9-10-36(25-49-31)51-16-7-8-37(29-51)52(26-33-13-14-47-32(2)22-33)27-34-28-53(35-11-12-35)40-24-41(39(46)23-38(40)43(34)55)59-19-17-50(6)42(54)30-58-21-20-57-18-15-48-44(56)60-45(3,4)5;1-28-6-7-33(22-44-28)46-13-4-5-34(26-46)47(23-30-10-12-43-29(2)19-30)24-31-25-48(32-8-9-32)37-21-38(36(41)20-35(37)40(31)50)53-16-14-45(3)39(49)27-52-18-17-51-15-11-42/h9-10,13-14,22-25,28,35,37H,7-8,11-12,15-21,26-27,29-30H2,1-6H3,(H,48,56);6-7,10,12,19-22,25,32,34H,4-5,8-9,11,13-18,23-24,26-27,42H2,1-3H3/t37-;34-/m00/s1. The van der Waals surface area contributed by atoms with Gasteiger partial charge in [0.05, 0.1) is 87.5 Å². The number of carbonyl (C=O) groups excluding carboxylic acids is 3. The molecule has 2 saturated carbocycles. The van der Waals surface area contributed by atoms with Crippen LogP contribution in [0.1, 0.15) is 129 Å². The number of nitrogens with two attached hydrogens (primary N) is 1. The number of anilines is 2. The van der Waals surface area contributed by atoms with E-state index < -0.39 is 23.3 Å². The summed E-state index contributed by atoms with van der Waals surface area (Å²) in [6.45, 7) is 21.8. The van der Waals surface area contributed by atoms with Crippen LogP contribution in [0, 0.1) is 39.3 Å². The molecule has 28 heteroatoms. The van der Waals surface area contributed by atoms with Gasteiger partial charge in [-0.3, -0.25) is 48.9 Å². The minimum absolute atomic E-state index is 0.0297. The van der Waals surface area contributed by atoms with Gasteiger partial charge in [0.25, 0.3) is 0 Å². The van der Waals surface area contributed by atoms with Crippen LogP contribution in [0.4, 0.5) is 25.0 Å². The van der Waals surface area contributed by atoms with Gasteiger partial charge in [-0.1, -0.05) is 0 Å². The first kappa shape index (κ1) is 84.4. The van der Waals surface area contributed by atoms with Crippen LogP contribution in [0.5, 0.6) is 11.5 Å². The average molecular weight is 1560 g/mol. The zero-order chi connectivity index (χ0) is 80.1. The fraction of sp³-hybridized carbons (Fsp3) is 0.518. The second-order valence-electron chi connectivity index (χ2n) is 30.9. The molecule has 113 heavy (non-hydrogen) atoms. The Morgan fingerprint density at radius 3 is 1.39 bits per heavy atom. The predicted molar refractivity (Wildman–Crippen MR) is 431 cm³/mol. The van der Waals surface area contributed by atoms with E-state index in [-0.39, 0.29) is 131 Å². The number of ether oxygens (including phenoxy) is 7. The molecule has 2 atom stereocenters. The Morgan fingerprint density at radius 1 is 0.540 bits per heavy atom. The van der Waals surface area contributed by atoms with Crippen LogP contribution >= 0.6 is 0 Å². The summed E-state index contributed by atoms with van der Waals surface area (Å²) >= 11 is 0. The fourth-order valence-corrected chi connectivity index (χ4v) is 14.2. The molecule has 0 spiro atoms. The number of rotatable bonds is 37. The van der Waals surface area contributed by atoms with Crippen LogP contribution in [-0.4, -0.2) is 217 Å². The summed E-state index contributed by atoms with van der Waals surface area (Å²) in [6, 6.07) is 23.2. The second-order valence-corrected chi connectivity index (χ2v) is 30.9. The summed E-state index contributed by atoms with van der Waals surface area (Å²) in [7, 11) is 3.27. The van der Waals surface area contributed by atoms with Crippen LogP contribution in [-0.2, 0) is 59.5 Å². The quantitative estimate of drug-likeness (QED) is 0.0343. The van der Waals surface area contributed by atoms with Crippen molar-refractivity contribution in [3.8, 4) is 11.5 Å². The van der Waals surface area contributed by atoms with Crippen molar-refractivity contribution in [1.82, 2.24) is 54.0 Å². The van der Waals surface area contributed by atoms with Gasteiger partial charge < -0.3 is 72.9 Å². The highest BCUT2D eigenvalue weighted by Crippen LogP contribution is 2.40.